The summed E-state index contributed by atoms with van der Waals surface area (Å²) < 4.78 is 46.4. The van der Waals surface area contributed by atoms with E-state index in [9.17, 15) is 8.42 Å². The Kier molecular flexibility index (Phi) is 4.75. The van der Waals surface area contributed by atoms with Gasteiger partial charge in [-0.05, 0) is 50.1 Å². The smallest absolute Gasteiger partial charge is 0.229 e. The molecule has 1 N–H and O–H groups in total. The molecule has 1 aromatic heterocycles. The minimum Gasteiger partial charge on any atom is -0.491 e. The van der Waals surface area contributed by atoms with Gasteiger partial charge in [0, 0.05) is 20.5 Å². The molecule has 0 bridgehead atoms. The number of sulfonamides is 1. The molecule has 6 nitrogen and oxygen atoms in total. The summed E-state index contributed by atoms with van der Waals surface area (Å²) in [4.78, 5) is 6.21. The van der Waals surface area contributed by atoms with E-state index in [0.29, 0.717) is 24.6 Å². The SMILES string of the molecule is [2H]C1CCC([2H])N1CCOc1ccc(-c2ccc(NS(C)(=O)=O)cc2)nc1. The average molecular weight is 363 g/mol. The van der Waals surface area contributed by atoms with Gasteiger partial charge >= 0.3 is 0 Å². The Balaban J connectivity index is 1.55. The van der Waals surface area contributed by atoms with Crippen LogP contribution >= 0.6 is 0 Å². The van der Waals surface area contributed by atoms with Crippen molar-refractivity contribution in [3.8, 4) is 17.0 Å². The highest BCUT2D eigenvalue weighted by Gasteiger charge is 2.10. The minimum absolute atomic E-state index is 0.309. The van der Waals surface area contributed by atoms with Gasteiger partial charge in [-0.1, -0.05) is 12.1 Å². The maximum atomic E-state index is 11.2. The first kappa shape index (κ1) is 15.2. The lowest BCUT2D eigenvalue weighted by molar-refractivity contribution is 0.237. The Bertz CT molecular complexity index is 850. The Hall–Kier alpha value is -2.12. The second-order valence-electron chi connectivity index (χ2n) is 5.86. The molecule has 0 spiro atoms. The summed E-state index contributed by atoms with van der Waals surface area (Å²) in [5.41, 5.74) is 2.13. The molecule has 2 unspecified atom stereocenters. The molecule has 1 aromatic carbocycles. The molecule has 25 heavy (non-hydrogen) atoms. The maximum absolute atomic E-state index is 11.2. The number of benzene rings is 1. The molecule has 2 heterocycles. The number of likely N-dealkylation sites (tertiary alicyclic amines) is 1. The lowest BCUT2D eigenvalue weighted by Gasteiger charge is -2.14. The molecule has 0 amide bonds. The third-order valence-corrected chi connectivity index (χ3v) is 4.34. The molecule has 0 aliphatic carbocycles. The first-order valence-corrected chi connectivity index (χ1v) is 9.98. The van der Waals surface area contributed by atoms with Crippen LogP contribution in [0.2, 0.25) is 0 Å². The molecular weight excluding hydrogens is 338 g/mol. The van der Waals surface area contributed by atoms with E-state index in [2.05, 4.69) is 9.71 Å². The number of hydrogen-bond acceptors (Lipinski definition) is 5. The van der Waals surface area contributed by atoms with E-state index >= 15 is 0 Å². The Morgan fingerprint density at radius 1 is 1.20 bits per heavy atom. The molecule has 134 valence electrons. The highest BCUT2D eigenvalue weighted by Crippen LogP contribution is 2.22. The van der Waals surface area contributed by atoms with Gasteiger partial charge in [0.15, 0.2) is 0 Å². The Morgan fingerprint density at radius 3 is 2.52 bits per heavy atom. The van der Waals surface area contributed by atoms with Crippen molar-refractivity contribution in [2.45, 2.75) is 12.8 Å². The molecule has 2 aromatic rings. The van der Waals surface area contributed by atoms with Gasteiger partial charge in [-0.15, -0.1) is 0 Å². The second-order valence-corrected chi connectivity index (χ2v) is 7.61. The van der Waals surface area contributed by atoms with Crippen molar-refractivity contribution in [3.63, 3.8) is 0 Å². The quantitative estimate of drug-likeness (QED) is 0.819. The first-order valence-electron chi connectivity index (χ1n) is 9.24. The Labute approximate surface area is 151 Å². The standard InChI is InChI=1S/C18H23N3O3S/c1-25(22,23)20-16-6-4-15(5-7-16)18-9-8-17(14-19-18)24-13-12-21-10-2-3-11-21/h4-9,14,20H,2-3,10-13H2,1H3/i10D,11D. The molecule has 3 rings (SSSR count). The zero-order valence-electron chi connectivity index (χ0n) is 16.1. The highest BCUT2D eigenvalue weighted by atomic mass is 32.2. The molecule has 2 atom stereocenters. The normalized spacial score (nSPS) is 22.3. The second kappa shape index (κ2) is 7.84. The van der Waals surface area contributed by atoms with Crippen molar-refractivity contribution in [1.29, 1.82) is 0 Å². The molecule has 0 saturated carbocycles. The summed E-state index contributed by atoms with van der Waals surface area (Å²) in [6.45, 7) is 0.352. The lowest BCUT2D eigenvalue weighted by Crippen LogP contribution is -2.25. The summed E-state index contributed by atoms with van der Waals surface area (Å²) in [6, 6.07) is 10.6. The summed E-state index contributed by atoms with van der Waals surface area (Å²) in [5.74, 6) is 0.636. The number of ether oxygens (including phenoxy) is 1. The summed E-state index contributed by atoms with van der Waals surface area (Å²) in [7, 11) is -3.29. The van der Waals surface area contributed by atoms with Gasteiger partial charge in [0.1, 0.15) is 12.4 Å². The molecular formula is C18H23N3O3S. The van der Waals surface area contributed by atoms with Crippen molar-refractivity contribution >= 4 is 15.7 Å². The van der Waals surface area contributed by atoms with Gasteiger partial charge < -0.3 is 4.74 Å². The maximum Gasteiger partial charge on any atom is 0.229 e. The van der Waals surface area contributed by atoms with Crippen LogP contribution in [0.5, 0.6) is 5.75 Å². The van der Waals surface area contributed by atoms with Crippen molar-refractivity contribution in [1.82, 2.24) is 9.88 Å². The van der Waals surface area contributed by atoms with E-state index < -0.39 is 10.0 Å². The number of pyridine rings is 1. The average Bonchev–Trinajstić information content (AvgIpc) is 2.94. The van der Waals surface area contributed by atoms with Crippen molar-refractivity contribution in [3.05, 3.63) is 42.6 Å². The topological polar surface area (TPSA) is 71.5 Å². The zero-order chi connectivity index (χ0) is 19.4. The largest absolute Gasteiger partial charge is 0.491 e. The number of nitrogens with zero attached hydrogens (tertiary/aromatic N) is 2. The van der Waals surface area contributed by atoms with Gasteiger partial charge in [0.05, 0.1) is 18.1 Å². The number of aromatic nitrogens is 1. The van der Waals surface area contributed by atoms with Gasteiger partial charge in [-0.2, -0.15) is 0 Å². The van der Waals surface area contributed by atoms with E-state index in [-0.39, 0.29) is 13.0 Å². The van der Waals surface area contributed by atoms with E-state index in [1.54, 1.807) is 30.5 Å². The van der Waals surface area contributed by atoms with Gasteiger partial charge in [0.25, 0.3) is 0 Å². The van der Waals surface area contributed by atoms with Crippen molar-refractivity contribution < 1.29 is 15.9 Å². The van der Waals surface area contributed by atoms with E-state index in [4.69, 9.17) is 7.48 Å². The van der Waals surface area contributed by atoms with Crippen LogP contribution in [0, 0.1) is 0 Å². The van der Waals surface area contributed by atoms with E-state index in [0.717, 1.165) is 30.4 Å². The molecule has 1 fully saturated rings. The third-order valence-electron chi connectivity index (χ3n) is 3.73. The minimum atomic E-state index is -3.29. The third kappa shape index (κ3) is 5.44. The zero-order valence-corrected chi connectivity index (χ0v) is 14.9. The van der Waals surface area contributed by atoms with Crippen molar-refractivity contribution in [2.24, 2.45) is 0 Å². The van der Waals surface area contributed by atoms with Crippen LogP contribution in [0.3, 0.4) is 0 Å². The molecule has 1 aliphatic rings. The van der Waals surface area contributed by atoms with Crippen LogP contribution in [0.1, 0.15) is 15.6 Å². The predicted octanol–water partition coefficient (Wildman–Crippen LogP) is 2.59. The van der Waals surface area contributed by atoms with Crippen molar-refractivity contribution in [2.75, 3.05) is 37.2 Å². The first-order chi connectivity index (χ1) is 12.8. The van der Waals surface area contributed by atoms with Crippen LogP contribution in [0.4, 0.5) is 5.69 Å². The molecule has 1 saturated heterocycles. The molecule has 7 heteroatoms. The summed E-state index contributed by atoms with van der Waals surface area (Å²) in [5, 5.41) is 0. The molecule has 0 radical (unpaired) electrons. The van der Waals surface area contributed by atoms with Gasteiger partial charge in [-0.3, -0.25) is 14.6 Å². The monoisotopic (exact) mass is 363 g/mol. The number of anilines is 1. The van der Waals surface area contributed by atoms with Crippen LogP contribution in [-0.4, -0.2) is 50.8 Å². The fourth-order valence-corrected chi connectivity index (χ4v) is 3.13. The predicted molar refractivity (Wildman–Crippen MR) is 99.3 cm³/mol. The van der Waals surface area contributed by atoms with E-state index in [1.807, 2.05) is 17.0 Å². The van der Waals surface area contributed by atoms with E-state index in [1.165, 1.54) is 0 Å². The number of rotatable bonds is 7. The fourth-order valence-electron chi connectivity index (χ4n) is 2.57. The van der Waals surface area contributed by atoms with Gasteiger partial charge in [0.2, 0.25) is 10.0 Å². The fraction of sp³-hybridized carbons (Fsp3) is 0.389. The molecule has 1 aliphatic heterocycles. The lowest BCUT2D eigenvalue weighted by atomic mass is 10.1. The van der Waals surface area contributed by atoms with Crippen LogP contribution in [-0.2, 0) is 10.0 Å². The Morgan fingerprint density at radius 2 is 1.92 bits per heavy atom. The van der Waals surface area contributed by atoms with Crippen LogP contribution in [0.25, 0.3) is 11.3 Å². The van der Waals surface area contributed by atoms with Gasteiger partial charge in [-0.25, -0.2) is 8.42 Å². The number of hydrogen-bond donors (Lipinski definition) is 1. The number of nitrogens with one attached hydrogen (secondary N) is 1. The van der Waals surface area contributed by atoms with Crippen LogP contribution < -0.4 is 9.46 Å². The van der Waals surface area contributed by atoms with Crippen LogP contribution in [0.15, 0.2) is 42.6 Å². The summed E-state index contributed by atoms with van der Waals surface area (Å²) >= 11 is 0. The highest BCUT2D eigenvalue weighted by molar-refractivity contribution is 7.92. The summed E-state index contributed by atoms with van der Waals surface area (Å²) in [6.07, 6.45) is 4.23.